The maximum absolute atomic E-state index is 11.3. The summed E-state index contributed by atoms with van der Waals surface area (Å²) >= 11 is 6.75. The van der Waals surface area contributed by atoms with Gasteiger partial charge >= 0.3 is 0 Å². The Labute approximate surface area is 190 Å². The molecule has 0 fully saturated rings. The second-order valence-electron chi connectivity index (χ2n) is 7.34. The number of thiocarbonyl (C=S) groups is 1. The fraction of sp³-hybridized carbons (Fsp3) is 0.286. The Balaban J connectivity index is 2.13. The molecule has 1 aromatic heterocycles. The van der Waals surface area contributed by atoms with Gasteiger partial charge in [0.1, 0.15) is 12.2 Å². The van der Waals surface area contributed by atoms with E-state index in [0.29, 0.717) is 11.4 Å². The van der Waals surface area contributed by atoms with Gasteiger partial charge in [0.05, 0.1) is 10.6 Å². The zero-order valence-corrected chi connectivity index (χ0v) is 19.1. The number of benzene rings is 1. The Hall–Kier alpha value is -2.66. The number of aliphatic imine (C=N–C) groups is 1. The number of pyridine rings is 1. The van der Waals surface area contributed by atoms with E-state index in [1.54, 1.807) is 31.7 Å². The Bertz CT molecular complexity index is 1040. The summed E-state index contributed by atoms with van der Waals surface area (Å²) in [5, 5.41) is 26.2. The van der Waals surface area contributed by atoms with Crippen molar-refractivity contribution >= 4 is 41.0 Å². The molecular weight excluding hydrogens is 434 g/mol. The lowest BCUT2D eigenvalue weighted by Crippen LogP contribution is -2.56. The number of aliphatic hydroxyl groups excluding tert-OH is 1. The summed E-state index contributed by atoms with van der Waals surface area (Å²) in [5.41, 5.74) is 1.56. The molecule has 10 heteroatoms. The van der Waals surface area contributed by atoms with Crippen LogP contribution in [-0.4, -0.2) is 44.1 Å². The summed E-state index contributed by atoms with van der Waals surface area (Å²) in [6, 6.07) is 12.0. The maximum Gasteiger partial charge on any atom is 0.270 e. The van der Waals surface area contributed by atoms with Gasteiger partial charge in [-0.05, 0) is 30.0 Å². The number of nitrogens with one attached hydrogen (secondary N) is 1. The number of rotatable bonds is 8. The van der Waals surface area contributed by atoms with Crippen LogP contribution in [0.1, 0.15) is 19.5 Å². The first kappa shape index (κ1) is 23.0. The van der Waals surface area contributed by atoms with Crippen LogP contribution in [0.25, 0.3) is 0 Å². The zero-order valence-electron chi connectivity index (χ0n) is 17.4. The minimum atomic E-state index is -1.11. The standard InChI is InChI=1S/C21H23N5O3S2/c1-14(2)18-21(31-17-9-6-8-16(11-17)25(28)29)26(13-24-18,20(27)19(30)22-3)12-15-7-4-5-10-23-15/h4-11,13-14,20,27H,12H2,1-3H3/p+1. The molecule has 3 rings (SSSR count). The van der Waals surface area contributed by atoms with Crippen LogP contribution in [0.15, 0.2) is 69.3 Å². The summed E-state index contributed by atoms with van der Waals surface area (Å²) in [5.74, 6) is 0.0662. The highest BCUT2D eigenvalue weighted by Crippen LogP contribution is 2.44. The van der Waals surface area contributed by atoms with Crippen molar-refractivity contribution in [1.29, 1.82) is 0 Å². The second kappa shape index (κ2) is 9.65. The van der Waals surface area contributed by atoms with E-state index in [1.165, 1.54) is 23.9 Å². The number of allylic oxidation sites excluding steroid dienone is 1. The largest absolute Gasteiger partial charge is 0.376 e. The monoisotopic (exact) mass is 458 g/mol. The van der Waals surface area contributed by atoms with Crippen molar-refractivity contribution in [2.24, 2.45) is 10.9 Å². The van der Waals surface area contributed by atoms with E-state index in [-0.39, 0.29) is 21.1 Å². The third-order valence-corrected chi connectivity index (χ3v) is 6.50. The van der Waals surface area contributed by atoms with E-state index in [9.17, 15) is 15.2 Å². The van der Waals surface area contributed by atoms with Gasteiger partial charge in [-0.15, -0.1) is 0 Å². The average molecular weight is 459 g/mol. The number of hydrogen-bond acceptors (Lipinski definition) is 7. The smallest absolute Gasteiger partial charge is 0.270 e. The highest BCUT2D eigenvalue weighted by molar-refractivity contribution is 8.03. The fourth-order valence-corrected chi connectivity index (χ4v) is 4.78. The first-order chi connectivity index (χ1) is 14.8. The number of thioether (sulfide) groups is 1. The zero-order chi connectivity index (χ0) is 22.6. The van der Waals surface area contributed by atoms with Crippen molar-refractivity contribution in [2.45, 2.75) is 31.5 Å². The molecular formula is C21H24N5O3S2+. The molecule has 2 unspecified atom stereocenters. The Morgan fingerprint density at radius 2 is 2.10 bits per heavy atom. The molecule has 0 spiro atoms. The Morgan fingerprint density at radius 3 is 2.71 bits per heavy atom. The summed E-state index contributed by atoms with van der Waals surface area (Å²) < 4.78 is -0.0719. The van der Waals surface area contributed by atoms with E-state index < -0.39 is 11.2 Å². The van der Waals surface area contributed by atoms with Crippen LogP contribution in [-0.2, 0) is 6.54 Å². The maximum atomic E-state index is 11.3. The van der Waals surface area contributed by atoms with E-state index in [1.807, 2.05) is 32.0 Å². The fourth-order valence-electron chi connectivity index (χ4n) is 3.26. The number of non-ortho nitro benzene ring substituents is 1. The van der Waals surface area contributed by atoms with Crippen LogP contribution in [0.4, 0.5) is 5.69 Å². The molecule has 0 amide bonds. The van der Waals surface area contributed by atoms with E-state index in [2.05, 4.69) is 15.3 Å². The first-order valence-corrected chi connectivity index (χ1v) is 10.9. The Kier molecular flexibility index (Phi) is 7.16. The molecule has 1 aliphatic rings. The normalized spacial score (nSPS) is 19.0. The molecule has 0 saturated carbocycles. The number of aromatic nitrogens is 1. The molecule has 2 aromatic rings. The van der Waals surface area contributed by atoms with Crippen molar-refractivity contribution in [3.8, 4) is 0 Å². The predicted molar refractivity (Wildman–Crippen MR) is 125 cm³/mol. The van der Waals surface area contributed by atoms with Crippen LogP contribution in [0, 0.1) is 16.0 Å². The second-order valence-corrected chi connectivity index (χ2v) is 8.85. The van der Waals surface area contributed by atoms with Crippen LogP contribution in [0.2, 0.25) is 0 Å². The molecule has 0 radical (unpaired) electrons. The molecule has 2 atom stereocenters. The number of quaternary nitrogens is 1. The van der Waals surface area contributed by atoms with Crippen LogP contribution in [0.3, 0.4) is 0 Å². The topological polar surface area (TPSA) is 101 Å². The van der Waals surface area contributed by atoms with Crippen molar-refractivity contribution in [3.63, 3.8) is 0 Å². The first-order valence-electron chi connectivity index (χ1n) is 9.67. The lowest BCUT2D eigenvalue weighted by atomic mass is 10.1. The van der Waals surface area contributed by atoms with E-state index in [0.717, 1.165) is 16.4 Å². The average Bonchev–Trinajstić information content (AvgIpc) is 3.12. The molecule has 1 aliphatic heterocycles. The van der Waals surface area contributed by atoms with Crippen molar-refractivity contribution in [3.05, 3.63) is 75.2 Å². The number of nitro groups is 1. The predicted octanol–water partition coefficient (Wildman–Crippen LogP) is 3.83. The molecule has 31 heavy (non-hydrogen) atoms. The van der Waals surface area contributed by atoms with Gasteiger partial charge in [-0.2, -0.15) is 0 Å². The third kappa shape index (κ3) is 4.82. The van der Waals surface area contributed by atoms with E-state index >= 15 is 0 Å². The van der Waals surface area contributed by atoms with Gasteiger partial charge in [0.25, 0.3) is 11.9 Å². The summed E-state index contributed by atoms with van der Waals surface area (Å²) in [6.45, 7) is 4.36. The number of nitrogens with zero attached hydrogens (tertiary/aromatic N) is 4. The van der Waals surface area contributed by atoms with Crippen LogP contribution in [0.5, 0.6) is 0 Å². The van der Waals surface area contributed by atoms with Gasteiger partial charge in [-0.3, -0.25) is 15.1 Å². The van der Waals surface area contributed by atoms with Crippen LogP contribution >= 0.6 is 24.0 Å². The van der Waals surface area contributed by atoms with Gasteiger partial charge < -0.3 is 10.4 Å². The molecule has 0 bridgehead atoms. The highest BCUT2D eigenvalue weighted by Gasteiger charge is 2.48. The summed E-state index contributed by atoms with van der Waals surface area (Å²) in [7, 11) is 1.66. The van der Waals surface area contributed by atoms with Gasteiger partial charge in [0.2, 0.25) is 5.03 Å². The molecule has 0 aliphatic carbocycles. The van der Waals surface area contributed by atoms with Gasteiger partial charge in [0.15, 0.2) is 11.3 Å². The highest BCUT2D eigenvalue weighted by atomic mass is 32.2. The lowest BCUT2D eigenvalue weighted by Gasteiger charge is -2.36. The van der Waals surface area contributed by atoms with Crippen molar-refractivity contribution < 1.29 is 14.5 Å². The van der Waals surface area contributed by atoms with Gasteiger partial charge in [0, 0.05) is 36.2 Å². The number of aliphatic hydroxyl groups is 1. The van der Waals surface area contributed by atoms with E-state index in [4.69, 9.17) is 12.2 Å². The van der Waals surface area contributed by atoms with Gasteiger partial charge in [-0.1, -0.05) is 38.2 Å². The minimum absolute atomic E-state index is 0.00438. The number of likely N-dealkylation sites (N-methyl/N-ethyl adjacent to an activating group) is 1. The molecule has 2 N–H and O–H groups in total. The summed E-state index contributed by atoms with van der Waals surface area (Å²) in [4.78, 5) is 20.9. The minimum Gasteiger partial charge on any atom is -0.376 e. The van der Waals surface area contributed by atoms with Crippen molar-refractivity contribution in [1.82, 2.24) is 10.3 Å². The Morgan fingerprint density at radius 1 is 1.32 bits per heavy atom. The molecule has 1 aromatic carbocycles. The number of nitro benzene ring substituents is 1. The molecule has 8 nitrogen and oxygen atoms in total. The number of hydrogen-bond donors (Lipinski definition) is 2. The quantitative estimate of drug-likeness (QED) is 0.268. The third-order valence-electron chi connectivity index (χ3n) is 4.86. The molecule has 0 saturated heterocycles. The SMILES string of the molecule is CNC(=S)C(O)[N+]1(Cc2ccccn2)C=NC(C(C)C)=C1Sc1cccc([N+](=O)[O-])c1. The van der Waals surface area contributed by atoms with Crippen molar-refractivity contribution in [2.75, 3.05) is 7.05 Å². The molecule has 2 heterocycles. The van der Waals surface area contributed by atoms with Crippen LogP contribution < -0.4 is 5.32 Å². The van der Waals surface area contributed by atoms with Gasteiger partial charge in [-0.25, -0.2) is 9.48 Å². The molecule has 162 valence electrons. The lowest BCUT2D eigenvalue weighted by molar-refractivity contribution is -0.840. The summed E-state index contributed by atoms with van der Waals surface area (Å²) in [6.07, 6.45) is 2.28.